The first-order valence-electron chi connectivity index (χ1n) is 7.98. The largest absolute Gasteiger partial charge is 0.497 e. The number of hydrogen-bond acceptors (Lipinski definition) is 5. The molecule has 1 aromatic heterocycles. The Morgan fingerprint density at radius 2 is 2.08 bits per heavy atom. The molecule has 5 heteroatoms. The van der Waals surface area contributed by atoms with Gasteiger partial charge < -0.3 is 9.47 Å². The van der Waals surface area contributed by atoms with Crippen LogP contribution in [0.3, 0.4) is 0 Å². The monoisotopic (exact) mass is 366 g/mol. The van der Waals surface area contributed by atoms with Gasteiger partial charge in [-0.3, -0.25) is 4.79 Å². The van der Waals surface area contributed by atoms with Crippen molar-refractivity contribution in [2.45, 2.75) is 10.1 Å². The Morgan fingerprint density at radius 3 is 2.96 bits per heavy atom. The highest BCUT2D eigenvalue weighted by Crippen LogP contribution is 2.50. The number of fused-ring (bicyclic) bond motifs is 6. The molecule has 0 saturated carbocycles. The second-order valence-corrected chi connectivity index (χ2v) is 8.25. The Kier molecular flexibility index (Phi) is 3.40. The SMILES string of the molecule is COc1ccc2c(c1)C1C(=CSc3sc4ccccc4c(=O)c31)CO2. The molecule has 5 rings (SSSR count). The Balaban J connectivity index is 1.82. The lowest BCUT2D eigenvalue weighted by molar-refractivity contribution is 0.322. The molecule has 0 spiro atoms. The lowest BCUT2D eigenvalue weighted by atomic mass is 9.84. The Morgan fingerprint density at radius 1 is 1.20 bits per heavy atom. The van der Waals surface area contributed by atoms with Gasteiger partial charge in [0.05, 0.1) is 11.3 Å². The van der Waals surface area contributed by atoms with Crippen LogP contribution in [0.2, 0.25) is 0 Å². The third-order valence-electron chi connectivity index (χ3n) is 4.70. The van der Waals surface area contributed by atoms with Crippen LogP contribution in [-0.2, 0) is 0 Å². The second-order valence-electron chi connectivity index (χ2n) is 6.06. The summed E-state index contributed by atoms with van der Waals surface area (Å²) in [7, 11) is 1.65. The van der Waals surface area contributed by atoms with Crippen LogP contribution in [0.4, 0.5) is 0 Å². The topological polar surface area (TPSA) is 35.5 Å². The van der Waals surface area contributed by atoms with Crippen LogP contribution in [0.25, 0.3) is 10.1 Å². The molecule has 2 aliphatic heterocycles. The molecule has 0 fully saturated rings. The smallest absolute Gasteiger partial charge is 0.193 e. The minimum atomic E-state index is -0.0524. The van der Waals surface area contributed by atoms with E-state index in [-0.39, 0.29) is 11.3 Å². The standard InChI is InChI=1S/C20H14O3S2/c1-22-12-6-7-15-14(8-12)17-11(9-23-15)10-24-20-18(17)19(21)13-4-2-3-5-16(13)25-20/h2-8,10,17H,9H2,1H3. The first-order valence-corrected chi connectivity index (χ1v) is 9.68. The minimum absolute atomic E-state index is 0.0524. The number of ether oxygens (including phenoxy) is 2. The fourth-order valence-electron chi connectivity index (χ4n) is 3.50. The molecule has 3 nitrogen and oxygen atoms in total. The van der Waals surface area contributed by atoms with Crippen molar-refractivity contribution in [2.24, 2.45) is 0 Å². The number of hydrogen-bond donors (Lipinski definition) is 0. The van der Waals surface area contributed by atoms with Crippen molar-refractivity contribution in [3.8, 4) is 11.5 Å². The van der Waals surface area contributed by atoms with E-state index >= 15 is 0 Å². The molecule has 25 heavy (non-hydrogen) atoms. The molecule has 2 aromatic carbocycles. The summed E-state index contributed by atoms with van der Waals surface area (Å²) in [6.45, 7) is 0.521. The van der Waals surface area contributed by atoms with Crippen molar-refractivity contribution in [1.29, 1.82) is 0 Å². The van der Waals surface area contributed by atoms with Gasteiger partial charge in [0.25, 0.3) is 0 Å². The molecule has 0 radical (unpaired) electrons. The lowest BCUT2D eigenvalue weighted by Gasteiger charge is -2.32. The third kappa shape index (κ3) is 2.23. The van der Waals surface area contributed by atoms with E-state index in [2.05, 4.69) is 5.41 Å². The van der Waals surface area contributed by atoms with E-state index in [0.29, 0.717) is 6.61 Å². The number of methoxy groups -OCH3 is 1. The average Bonchev–Trinajstić information content (AvgIpc) is 2.67. The van der Waals surface area contributed by atoms with Crippen molar-refractivity contribution >= 4 is 33.2 Å². The number of benzene rings is 2. The van der Waals surface area contributed by atoms with E-state index < -0.39 is 0 Å². The predicted molar refractivity (Wildman–Crippen MR) is 102 cm³/mol. The zero-order valence-electron chi connectivity index (χ0n) is 13.4. The molecule has 0 aliphatic carbocycles. The number of thioether (sulfide) groups is 1. The summed E-state index contributed by atoms with van der Waals surface area (Å²) in [4.78, 5) is 13.3. The van der Waals surface area contributed by atoms with E-state index in [0.717, 1.165) is 42.5 Å². The molecule has 1 atom stereocenters. The molecule has 1 unspecified atom stereocenters. The first kappa shape index (κ1) is 15.0. The Bertz CT molecular complexity index is 1100. The second kappa shape index (κ2) is 5.64. The van der Waals surface area contributed by atoms with Crippen LogP contribution < -0.4 is 14.9 Å². The van der Waals surface area contributed by atoms with Gasteiger partial charge in [0.15, 0.2) is 5.43 Å². The van der Waals surface area contributed by atoms with Gasteiger partial charge in [-0.15, -0.1) is 11.3 Å². The molecule has 0 saturated heterocycles. The summed E-state index contributed by atoms with van der Waals surface area (Å²) in [5, 5.41) is 2.93. The highest BCUT2D eigenvalue weighted by Gasteiger charge is 2.34. The molecule has 0 N–H and O–H groups in total. The zero-order chi connectivity index (χ0) is 17.0. The van der Waals surface area contributed by atoms with Gasteiger partial charge in [-0.1, -0.05) is 23.9 Å². The summed E-state index contributed by atoms with van der Waals surface area (Å²) in [5.41, 5.74) is 3.16. The van der Waals surface area contributed by atoms with Gasteiger partial charge in [-0.05, 0) is 41.3 Å². The van der Waals surface area contributed by atoms with E-state index in [1.807, 2.05) is 42.5 Å². The maximum Gasteiger partial charge on any atom is 0.193 e. The quantitative estimate of drug-likeness (QED) is 0.621. The van der Waals surface area contributed by atoms with Crippen molar-refractivity contribution in [3.63, 3.8) is 0 Å². The molecular formula is C20H14O3S2. The average molecular weight is 366 g/mol. The van der Waals surface area contributed by atoms with E-state index in [4.69, 9.17) is 9.47 Å². The Labute approximate surface area is 152 Å². The highest BCUT2D eigenvalue weighted by atomic mass is 32.2. The fraction of sp³-hybridized carbons (Fsp3) is 0.150. The molecule has 0 bridgehead atoms. The van der Waals surface area contributed by atoms with Crippen LogP contribution in [0.15, 0.2) is 62.4 Å². The summed E-state index contributed by atoms with van der Waals surface area (Å²) in [6, 6.07) is 13.7. The number of rotatable bonds is 1. The van der Waals surface area contributed by atoms with Crippen LogP contribution in [0, 0.1) is 0 Å². The van der Waals surface area contributed by atoms with Crippen LogP contribution in [-0.4, -0.2) is 13.7 Å². The van der Waals surface area contributed by atoms with Crippen molar-refractivity contribution < 1.29 is 9.47 Å². The van der Waals surface area contributed by atoms with Crippen molar-refractivity contribution in [1.82, 2.24) is 0 Å². The van der Waals surface area contributed by atoms with Crippen molar-refractivity contribution in [3.05, 3.63) is 74.8 Å². The van der Waals surface area contributed by atoms with Gasteiger partial charge in [-0.25, -0.2) is 0 Å². The Hall–Kier alpha value is -2.24. The van der Waals surface area contributed by atoms with Gasteiger partial charge in [-0.2, -0.15) is 0 Å². The van der Waals surface area contributed by atoms with Gasteiger partial charge >= 0.3 is 0 Å². The summed E-state index contributed by atoms with van der Waals surface area (Å²) < 4.78 is 13.4. The fourth-order valence-corrected chi connectivity index (χ4v) is 5.84. The minimum Gasteiger partial charge on any atom is -0.497 e. The van der Waals surface area contributed by atoms with Gasteiger partial charge in [0.1, 0.15) is 18.1 Å². The molecule has 3 heterocycles. The first-order chi connectivity index (χ1) is 12.3. The van der Waals surface area contributed by atoms with E-state index in [1.54, 1.807) is 30.2 Å². The van der Waals surface area contributed by atoms with Gasteiger partial charge in [0, 0.05) is 27.1 Å². The summed E-state index contributed by atoms with van der Waals surface area (Å²) >= 11 is 3.32. The highest BCUT2D eigenvalue weighted by molar-refractivity contribution is 8.04. The summed E-state index contributed by atoms with van der Waals surface area (Å²) in [5.74, 6) is 1.56. The summed E-state index contributed by atoms with van der Waals surface area (Å²) in [6.07, 6.45) is 0. The molecule has 124 valence electrons. The van der Waals surface area contributed by atoms with Crippen LogP contribution in [0.1, 0.15) is 17.0 Å². The van der Waals surface area contributed by atoms with E-state index in [9.17, 15) is 4.79 Å². The predicted octanol–water partition coefficient (Wildman–Crippen LogP) is 4.78. The normalized spacial score (nSPS) is 17.8. The lowest BCUT2D eigenvalue weighted by Crippen LogP contribution is -2.25. The van der Waals surface area contributed by atoms with Crippen molar-refractivity contribution in [2.75, 3.05) is 13.7 Å². The maximum atomic E-state index is 13.3. The third-order valence-corrected chi connectivity index (χ3v) is 7.07. The molecule has 0 amide bonds. The van der Waals surface area contributed by atoms with Crippen LogP contribution in [0.5, 0.6) is 11.5 Å². The maximum absolute atomic E-state index is 13.3. The van der Waals surface area contributed by atoms with Gasteiger partial charge in [0.2, 0.25) is 0 Å². The molecular weight excluding hydrogens is 352 g/mol. The van der Waals surface area contributed by atoms with Crippen LogP contribution >= 0.6 is 23.1 Å². The molecule has 2 aliphatic rings. The molecule has 3 aromatic rings. The van der Waals surface area contributed by atoms with E-state index in [1.165, 1.54) is 0 Å². The zero-order valence-corrected chi connectivity index (χ0v) is 15.1.